The zero-order chi connectivity index (χ0) is 11.9. The van der Waals surface area contributed by atoms with E-state index in [9.17, 15) is 4.79 Å². The van der Waals surface area contributed by atoms with Crippen molar-refractivity contribution in [1.29, 1.82) is 0 Å². The Bertz CT molecular complexity index is 329. The lowest BCUT2D eigenvalue weighted by Crippen LogP contribution is -2.34. The van der Waals surface area contributed by atoms with Crippen LogP contribution in [0, 0.1) is 0 Å². The van der Waals surface area contributed by atoms with Crippen LogP contribution in [-0.2, 0) is 4.74 Å². The smallest absolute Gasteiger partial charge is 0.204 e. The summed E-state index contributed by atoms with van der Waals surface area (Å²) in [5, 5.41) is 3.46. The predicted molar refractivity (Wildman–Crippen MR) is 66.2 cm³/mol. The van der Waals surface area contributed by atoms with Crippen molar-refractivity contribution in [2.45, 2.75) is 31.7 Å². The molecular weight excluding hydrogens is 216 g/mol. The number of rotatable bonds is 6. The van der Waals surface area contributed by atoms with Gasteiger partial charge in [-0.1, -0.05) is 6.42 Å². The third kappa shape index (κ3) is 3.98. The van der Waals surface area contributed by atoms with E-state index in [1.54, 1.807) is 12.3 Å². The van der Waals surface area contributed by atoms with E-state index in [-0.39, 0.29) is 12.4 Å². The molecule has 1 aliphatic heterocycles. The molecule has 2 rings (SSSR count). The van der Waals surface area contributed by atoms with Crippen molar-refractivity contribution in [1.82, 2.24) is 10.3 Å². The van der Waals surface area contributed by atoms with Crippen LogP contribution >= 0.6 is 0 Å². The molecule has 1 saturated heterocycles. The Hall–Kier alpha value is -1.13. The number of Topliss-reactive ketones (excluding diaryl/α,β-unsaturated/α-hetero) is 1. The van der Waals surface area contributed by atoms with Crippen molar-refractivity contribution in [3.63, 3.8) is 0 Å². The molecule has 0 unspecified atom stereocenters. The van der Waals surface area contributed by atoms with Gasteiger partial charge in [-0.15, -0.1) is 0 Å². The van der Waals surface area contributed by atoms with Crippen LogP contribution in [0.25, 0.3) is 0 Å². The first-order chi connectivity index (χ1) is 8.36. The zero-order valence-corrected chi connectivity index (χ0v) is 10.1. The number of piperidine rings is 1. The summed E-state index contributed by atoms with van der Waals surface area (Å²) in [5.41, 5.74) is 0.626. The maximum absolute atomic E-state index is 11.6. The Balaban J connectivity index is 1.58. The van der Waals surface area contributed by atoms with Crippen LogP contribution in [0.5, 0.6) is 0 Å². The topological polar surface area (TPSA) is 54.1 Å². The number of hydrogen-bond acceptors (Lipinski definition) is 3. The first kappa shape index (κ1) is 12.3. The number of ketones is 1. The van der Waals surface area contributed by atoms with Crippen molar-refractivity contribution in [3.8, 4) is 0 Å². The second-order valence-electron chi connectivity index (χ2n) is 4.50. The third-order valence-electron chi connectivity index (χ3n) is 3.15. The van der Waals surface area contributed by atoms with Crippen molar-refractivity contribution in [3.05, 3.63) is 24.0 Å². The minimum Gasteiger partial charge on any atom is -0.373 e. The molecule has 4 nitrogen and oxygen atoms in total. The lowest BCUT2D eigenvalue weighted by molar-refractivity contribution is 0.0732. The molecule has 1 atom stereocenters. The van der Waals surface area contributed by atoms with E-state index in [4.69, 9.17) is 4.74 Å². The van der Waals surface area contributed by atoms with Gasteiger partial charge in [0.25, 0.3) is 0 Å². The van der Waals surface area contributed by atoms with E-state index in [2.05, 4.69) is 10.3 Å². The minimum atomic E-state index is 0.0200. The monoisotopic (exact) mass is 236 g/mol. The van der Waals surface area contributed by atoms with Crippen molar-refractivity contribution >= 4 is 5.78 Å². The van der Waals surface area contributed by atoms with E-state index < -0.39 is 0 Å². The summed E-state index contributed by atoms with van der Waals surface area (Å²) < 4.78 is 5.41. The molecule has 0 amide bonds. The molecule has 2 N–H and O–H groups in total. The number of carbonyl (C=O) groups is 1. The summed E-state index contributed by atoms with van der Waals surface area (Å²) in [6.45, 7) is 1.95. The molecule has 0 bridgehead atoms. The minimum absolute atomic E-state index is 0.0200. The fourth-order valence-corrected chi connectivity index (χ4v) is 2.14. The summed E-state index contributed by atoms with van der Waals surface area (Å²) >= 11 is 0. The van der Waals surface area contributed by atoms with E-state index in [1.807, 2.05) is 6.07 Å². The molecule has 0 aromatic carbocycles. The lowest BCUT2D eigenvalue weighted by Gasteiger charge is -2.23. The molecule has 1 fully saturated rings. The molecule has 0 aliphatic carbocycles. The van der Waals surface area contributed by atoms with Crippen molar-refractivity contribution in [2.24, 2.45) is 0 Å². The number of carbonyl (C=O) groups excluding carboxylic acids is 1. The molecule has 17 heavy (non-hydrogen) atoms. The Morgan fingerprint density at radius 2 is 2.41 bits per heavy atom. The van der Waals surface area contributed by atoms with Gasteiger partial charge in [-0.05, 0) is 37.9 Å². The maximum Gasteiger partial charge on any atom is 0.204 e. The van der Waals surface area contributed by atoms with Crippen LogP contribution in [0.15, 0.2) is 18.3 Å². The normalized spacial score (nSPS) is 20.4. The molecule has 1 aliphatic rings. The highest BCUT2D eigenvalue weighted by Crippen LogP contribution is 2.09. The van der Waals surface area contributed by atoms with Crippen LogP contribution in [0.3, 0.4) is 0 Å². The van der Waals surface area contributed by atoms with Gasteiger partial charge in [0.2, 0.25) is 5.78 Å². The fraction of sp³-hybridized carbons (Fsp3) is 0.615. The Morgan fingerprint density at radius 1 is 1.47 bits per heavy atom. The summed E-state index contributed by atoms with van der Waals surface area (Å²) in [4.78, 5) is 14.5. The molecular formula is C13H20N2O2. The van der Waals surface area contributed by atoms with Crippen LogP contribution in [0.2, 0.25) is 0 Å². The SMILES string of the molecule is O=C(COCC[C@@H]1CCCCN1)c1ccc[nH]1. The second kappa shape index (κ2) is 6.57. The van der Waals surface area contributed by atoms with Gasteiger partial charge in [-0.25, -0.2) is 0 Å². The predicted octanol–water partition coefficient (Wildman–Crippen LogP) is 1.75. The molecule has 94 valence electrons. The highest BCUT2D eigenvalue weighted by Gasteiger charge is 2.12. The highest BCUT2D eigenvalue weighted by molar-refractivity contribution is 5.95. The van der Waals surface area contributed by atoms with Gasteiger partial charge in [-0.3, -0.25) is 4.79 Å². The third-order valence-corrected chi connectivity index (χ3v) is 3.15. The highest BCUT2D eigenvalue weighted by atomic mass is 16.5. The quantitative estimate of drug-likeness (QED) is 0.584. The average molecular weight is 236 g/mol. The molecule has 2 heterocycles. The number of H-pyrrole nitrogens is 1. The van der Waals surface area contributed by atoms with Crippen LogP contribution in [0.1, 0.15) is 36.2 Å². The van der Waals surface area contributed by atoms with E-state index >= 15 is 0 Å². The number of aromatic nitrogens is 1. The van der Waals surface area contributed by atoms with Gasteiger partial charge in [-0.2, -0.15) is 0 Å². The van der Waals surface area contributed by atoms with Gasteiger partial charge < -0.3 is 15.0 Å². The molecule has 0 spiro atoms. The number of ether oxygens (including phenoxy) is 1. The van der Waals surface area contributed by atoms with E-state index in [0.29, 0.717) is 18.3 Å². The molecule has 1 aromatic heterocycles. The largest absolute Gasteiger partial charge is 0.373 e. The van der Waals surface area contributed by atoms with E-state index in [1.165, 1.54) is 19.3 Å². The summed E-state index contributed by atoms with van der Waals surface area (Å²) in [6, 6.07) is 4.16. The molecule has 4 heteroatoms. The molecule has 0 radical (unpaired) electrons. The van der Waals surface area contributed by atoms with Crippen LogP contribution in [0.4, 0.5) is 0 Å². The van der Waals surface area contributed by atoms with Gasteiger partial charge in [0, 0.05) is 18.8 Å². The Labute approximate surface area is 102 Å². The lowest BCUT2D eigenvalue weighted by atomic mass is 10.0. The summed E-state index contributed by atoms with van der Waals surface area (Å²) in [7, 11) is 0. The molecule has 1 aromatic rings. The van der Waals surface area contributed by atoms with Gasteiger partial charge >= 0.3 is 0 Å². The first-order valence-electron chi connectivity index (χ1n) is 6.34. The zero-order valence-electron chi connectivity index (χ0n) is 10.1. The molecule has 0 saturated carbocycles. The standard InChI is InChI=1S/C13H20N2O2/c16-13(12-5-3-8-15-12)10-17-9-6-11-4-1-2-7-14-11/h3,5,8,11,14-15H,1-2,4,6-7,9-10H2/t11-/m0/s1. The van der Waals surface area contributed by atoms with Crippen LogP contribution < -0.4 is 5.32 Å². The summed E-state index contributed by atoms with van der Waals surface area (Å²) in [5.74, 6) is 0.0200. The summed E-state index contributed by atoms with van der Waals surface area (Å²) in [6.07, 6.45) is 6.56. The first-order valence-corrected chi connectivity index (χ1v) is 6.34. The van der Waals surface area contributed by atoms with Crippen LogP contribution in [-0.4, -0.2) is 36.6 Å². The average Bonchev–Trinajstić information content (AvgIpc) is 2.89. The Morgan fingerprint density at radius 3 is 3.12 bits per heavy atom. The van der Waals surface area contributed by atoms with E-state index in [0.717, 1.165) is 13.0 Å². The number of nitrogens with one attached hydrogen (secondary N) is 2. The van der Waals surface area contributed by atoms with Gasteiger partial charge in [0.15, 0.2) is 0 Å². The van der Waals surface area contributed by atoms with Gasteiger partial charge in [0.05, 0.1) is 5.69 Å². The maximum atomic E-state index is 11.6. The Kier molecular flexibility index (Phi) is 4.76. The van der Waals surface area contributed by atoms with Crippen molar-refractivity contribution in [2.75, 3.05) is 19.8 Å². The number of hydrogen-bond donors (Lipinski definition) is 2. The second-order valence-corrected chi connectivity index (χ2v) is 4.50. The van der Waals surface area contributed by atoms with Gasteiger partial charge in [0.1, 0.15) is 6.61 Å². The number of aromatic amines is 1. The van der Waals surface area contributed by atoms with Crippen molar-refractivity contribution < 1.29 is 9.53 Å². The fourth-order valence-electron chi connectivity index (χ4n) is 2.14.